The monoisotopic (exact) mass is 642 g/mol. The van der Waals surface area contributed by atoms with Crippen LogP contribution in [-0.4, -0.2) is 81.4 Å². The number of esters is 1. The van der Waals surface area contributed by atoms with Crippen LogP contribution < -0.4 is 4.74 Å². The Morgan fingerprint density at radius 1 is 1.18 bits per heavy atom. The van der Waals surface area contributed by atoms with Gasteiger partial charge in [0.15, 0.2) is 5.78 Å². The van der Waals surface area contributed by atoms with Crippen molar-refractivity contribution in [3.8, 4) is 11.5 Å². The Balaban J connectivity index is 1.65. The minimum Gasteiger partial charge on any atom is -0.507 e. The Bertz CT molecular complexity index is 1670. The normalized spacial score (nSPS) is 36.7. The number of epoxide rings is 1. The van der Waals surface area contributed by atoms with Gasteiger partial charge in [-0.05, 0) is 63.0 Å². The molecule has 1 spiro atoms. The number of carbonyl (C=O) groups is 3. The molecule has 240 valence electrons. The van der Waals surface area contributed by atoms with Crippen molar-refractivity contribution in [2.24, 2.45) is 11.3 Å². The number of rotatable bonds is 5. The van der Waals surface area contributed by atoms with E-state index in [0.717, 1.165) is 5.57 Å². The molecule has 2 aliphatic heterocycles. The molecule has 0 bridgehead atoms. The van der Waals surface area contributed by atoms with Crippen LogP contribution in [0.2, 0.25) is 0 Å². The molecule has 1 saturated heterocycles. The zero-order valence-corrected chi connectivity index (χ0v) is 26.2. The smallest absolute Gasteiger partial charge is 0.349 e. The Morgan fingerprint density at radius 3 is 2.53 bits per heavy atom. The molecule has 5 aliphatic rings. The molecule has 1 aromatic carbocycles. The molecule has 2 heterocycles. The van der Waals surface area contributed by atoms with E-state index in [0.29, 0.717) is 23.1 Å². The average molecular weight is 643 g/mol. The first-order valence-electron chi connectivity index (χ1n) is 14.6. The molecule has 7 unspecified atom stereocenters. The number of allylic oxidation sites excluding steroid dienone is 4. The lowest BCUT2D eigenvalue weighted by molar-refractivity contribution is -0.232. The van der Waals surface area contributed by atoms with Crippen LogP contribution in [-0.2, 0) is 23.8 Å². The molecule has 4 N–H and O–H groups in total. The Morgan fingerprint density at radius 2 is 1.89 bits per heavy atom. The van der Waals surface area contributed by atoms with Crippen LogP contribution in [0, 0.1) is 18.3 Å². The summed E-state index contributed by atoms with van der Waals surface area (Å²) in [5, 5.41) is 43.5. The number of fused-ring (bicyclic) bond motifs is 4. The summed E-state index contributed by atoms with van der Waals surface area (Å²) >= 11 is 6.70. The van der Waals surface area contributed by atoms with Crippen molar-refractivity contribution in [3.05, 3.63) is 68.5 Å². The van der Waals surface area contributed by atoms with Gasteiger partial charge < -0.3 is 39.4 Å². The number of ether oxygens (including phenoxy) is 4. The Labute approximate surface area is 264 Å². The van der Waals surface area contributed by atoms with Crippen molar-refractivity contribution in [2.75, 3.05) is 13.7 Å². The van der Waals surface area contributed by atoms with Crippen LogP contribution in [0.5, 0.6) is 11.5 Å². The summed E-state index contributed by atoms with van der Waals surface area (Å²) in [6.07, 6.45) is 0.760. The number of hydrogen-bond donors (Lipinski definition) is 4. The van der Waals surface area contributed by atoms with Crippen molar-refractivity contribution >= 4 is 29.1 Å². The highest BCUT2D eigenvalue weighted by molar-refractivity contribution is 6.44. The molecule has 1 aromatic rings. The van der Waals surface area contributed by atoms with Gasteiger partial charge in [0, 0.05) is 12.8 Å². The predicted molar refractivity (Wildman–Crippen MR) is 158 cm³/mol. The van der Waals surface area contributed by atoms with E-state index in [2.05, 4.69) is 0 Å². The van der Waals surface area contributed by atoms with E-state index in [4.69, 9.17) is 30.5 Å². The highest BCUT2D eigenvalue weighted by Gasteiger charge is 2.76. The van der Waals surface area contributed by atoms with E-state index in [9.17, 15) is 34.8 Å². The fourth-order valence-electron chi connectivity index (χ4n) is 7.67. The molecule has 12 heteroatoms. The van der Waals surface area contributed by atoms with Gasteiger partial charge in [0.1, 0.15) is 57.7 Å². The summed E-state index contributed by atoms with van der Waals surface area (Å²) in [6, 6.07) is 2.74. The third-order valence-corrected chi connectivity index (χ3v) is 10.0. The molecule has 0 amide bonds. The maximum atomic E-state index is 14.3. The largest absolute Gasteiger partial charge is 0.507 e. The number of aliphatic hydroxyl groups excluding tert-OH is 3. The third kappa shape index (κ3) is 4.21. The maximum absolute atomic E-state index is 14.3. The standard InChI is InChI=1S/C33H35ClO11/c1-14(2)6-7-32-27(39)18(11-20(37)29(32)44-32)17-8-16(4)12-31(22(38)13-35)24(17)26(42-5)25(34)28(40)33(31)43-21-10-15(3)9-19(36)23(21)30(41)45-33/h6,8-10,20,24,27,29,35-37,39H,7,11-13H2,1-5H3. The van der Waals surface area contributed by atoms with Gasteiger partial charge in [-0.2, -0.15) is 0 Å². The molecule has 6 rings (SSSR count). The van der Waals surface area contributed by atoms with Crippen LogP contribution in [0.4, 0.5) is 0 Å². The van der Waals surface area contributed by atoms with Gasteiger partial charge in [0.25, 0.3) is 5.78 Å². The number of methoxy groups -OCH3 is 1. The Hall–Kier alpha value is -3.48. The van der Waals surface area contributed by atoms with E-state index in [1.807, 2.05) is 19.9 Å². The molecule has 0 aromatic heterocycles. The number of benzene rings is 1. The molecule has 7 atom stereocenters. The average Bonchev–Trinajstić information content (AvgIpc) is 3.73. The lowest BCUT2D eigenvalue weighted by Gasteiger charge is -2.56. The summed E-state index contributed by atoms with van der Waals surface area (Å²) in [7, 11) is 1.26. The van der Waals surface area contributed by atoms with Crippen LogP contribution in [0.3, 0.4) is 0 Å². The van der Waals surface area contributed by atoms with Crippen molar-refractivity contribution in [1.82, 2.24) is 0 Å². The number of aryl methyl sites for hydroxylation is 1. The van der Waals surface area contributed by atoms with Crippen LogP contribution in [0.25, 0.3) is 0 Å². The number of aromatic hydroxyl groups is 1. The van der Waals surface area contributed by atoms with Crippen LogP contribution >= 0.6 is 11.6 Å². The summed E-state index contributed by atoms with van der Waals surface area (Å²) < 4.78 is 23.7. The van der Waals surface area contributed by atoms with E-state index < -0.39 is 76.0 Å². The van der Waals surface area contributed by atoms with Gasteiger partial charge in [-0.15, -0.1) is 0 Å². The summed E-state index contributed by atoms with van der Waals surface area (Å²) in [5.41, 5.74) is -1.06. The van der Waals surface area contributed by atoms with Crippen molar-refractivity contribution in [3.63, 3.8) is 0 Å². The number of carbonyl (C=O) groups excluding carboxylic acids is 3. The Kier molecular flexibility index (Phi) is 7.37. The number of hydrogen-bond acceptors (Lipinski definition) is 11. The van der Waals surface area contributed by atoms with Crippen molar-refractivity contribution in [2.45, 2.75) is 76.7 Å². The number of ketones is 2. The summed E-state index contributed by atoms with van der Waals surface area (Å²) in [4.78, 5) is 42.2. The van der Waals surface area contributed by atoms with Gasteiger partial charge in [-0.3, -0.25) is 9.59 Å². The molecule has 2 fully saturated rings. The third-order valence-electron chi connectivity index (χ3n) is 9.65. The van der Waals surface area contributed by atoms with Crippen LogP contribution in [0.15, 0.2) is 57.4 Å². The van der Waals surface area contributed by atoms with Gasteiger partial charge in [0.05, 0.1) is 19.1 Å². The van der Waals surface area contributed by atoms with Crippen molar-refractivity contribution < 1.29 is 53.8 Å². The van der Waals surface area contributed by atoms with E-state index >= 15 is 0 Å². The van der Waals surface area contributed by atoms with Gasteiger partial charge in [-0.1, -0.05) is 34.9 Å². The number of aliphatic hydroxyl groups is 3. The molecular weight excluding hydrogens is 608 g/mol. The molecular formula is C33H35ClO11. The topological polar surface area (TPSA) is 172 Å². The minimum absolute atomic E-state index is 0.0481. The first-order chi connectivity index (χ1) is 21.2. The SMILES string of the molecule is COC1=C(Cl)C(=O)C2(OC(=O)c3c(O)cc(C)cc3O2)C2(C(=O)CO)CC(C)=CC(=C3CC(O)C4OC4(CC=C(C)C)C3O)C12. The number of halogens is 1. The quantitative estimate of drug-likeness (QED) is 0.211. The zero-order chi connectivity index (χ0) is 32.8. The second-order valence-electron chi connectivity index (χ2n) is 12.8. The second-order valence-corrected chi connectivity index (χ2v) is 13.1. The molecule has 0 radical (unpaired) electrons. The van der Waals surface area contributed by atoms with E-state index in [1.165, 1.54) is 19.2 Å². The fraction of sp³-hybridized carbons (Fsp3) is 0.485. The first-order valence-corrected chi connectivity index (χ1v) is 15.0. The summed E-state index contributed by atoms with van der Waals surface area (Å²) in [6.45, 7) is 6.05. The number of Topliss-reactive ketones (excluding diaryl/α,β-unsaturated/α-hetero) is 2. The minimum atomic E-state index is -2.74. The second kappa shape index (κ2) is 10.5. The number of phenolic OH excluding ortho intramolecular Hbond substituents is 1. The lowest BCUT2D eigenvalue weighted by atomic mass is 9.53. The molecule has 11 nitrogen and oxygen atoms in total. The van der Waals surface area contributed by atoms with Crippen molar-refractivity contribution in [1.29, 1.82) is 0 Å². The van der Waals surface area contributed by atoms with E-state index in [1.54, 1.807) is 19.9 Å². The van der Waals surface area contributed by atoms with Crippen LogP contribution in [0.1, 0.15) is 56.0 Å². The van der Waals surface area contributed by atoms with Gasteiger partial charge >= 0.3 is 11.8 Å². The number of phenols is 1. The zero-order valence-electron chi connectivity index (χ0n) is 25.5. The van der Waals surface area contributed by atoms with Gasteiger partial charge in [-0.25, -0.2) is 4.79 Å². The molecule has 45 heavy (non-hydrogen) atoms. The fourth-order valence-corrected chi connectivity index (χ4v) is 7.98. The summed E-state index contributed by atoms with van der Waals surface area (Å²) in [5.74, 6) is -8.02. The van der Waals surface area contributed by atoms with E-state index in [-0.39, 0.29) is 35.5 Å². The molecule has 3 aliphatic carbocycles. The highest BCUT2D eigenvalue weighted by Crippen LogP contribution is 2.64. The maximum Gasteiger partial charge on any atom is 0.349 e. The lowest BCUT2D eigenvalue weighted by Crippen LogP contribution is -2.71. The highest BCUT2D eigenvalue weighted by atomic mass is 35.5. The predicted octanol–water partition coefficient (Wildman–Crippen LogP) is 3.06. The molecule has 1 saturated carbocycles. The first kappa shape index (κ1) is 31.5. The van der Waals surface area contributed by atoms with Gasteiger partial charge in [0.2, 0.25) is 0 Å².